The molecule has 138 valence electrons. The Balaban J connectivity index is 2.02. The molecule has 2 atom stereocenters. The van der Waals surface area contributed by atoms with Crippen LogP contribution in [0.1, 0.15) is 11.1 Å². The number of carbonyl (C=O) groups is 1. The van der Waals surface area contributed by atoms with Gasteiger partial charge in [0.25, 0.3) is 0 Å². The number of aryl methyl sites for hydroxylation is 2. The number of hydrogen-bond acceptors (Lipinski definition) is 5. The lowest BCUT2D eigenvalue weighted by atomic mass is 10.1. The van der Waals surface area contributed by atoms with E-state index in [1.54, 1.807) is 24.9 Å². The molecule has 2 aliphatic heterocycles. The third-order valence-electron chi connectivity index (χ3n) is 5.02. The van der Waals surface area contributed by atoms with Crippen molar-refractivity contribution in [1.29, 1.82) is 0 Å². The highest BCUT2D eigenvalue weighted by Crippen LogP contribution is 2.30. The van der Waals surface area contributed by atoms with E-state index >= 15 is 0 Å². The second-order valence-electron chi connectivity index (χ2n) is 6.75. The minimum atomic E-state index is -3.74. The molecular weight excluding hydrogens is 344 g/mol. The van der Waals surface area contributed by atoms with Gasteiger partial charge in [-0.1, -0.05) is 6.07 Å². The molecule has 3 rings (SSSR count). The highest BCUT2D eigenvalue weighted by Gasteiger charge is 2.41. The van der Waals surface area contributed by atoms with Crippen LogP contribution < -0.4 is 4.74 Å². The molecule has 0 aromatic heterocycles. The van der Waals surface area contributed by atoms with Gasteiger partial charge in [-0.15, -0.1) is 0 Å². The minimum Gasteiger partial charge on any atom is -0.496 e. The Labute approximate surface area is 148 Å². The summed E-state index contributed by atoms with van der Waals surface area (Å²) >= 11 is 0. The van der Waals surface area contributed by atoms with Gasteiger partial charge in [0.15, 0.2) is 0 Å². The SMILES string of the molecule is COc1cc(S(=O)(=O)N2C[C@@H]3COC[C@H](C2)N(C)C3=O)c(C)cc1C. The summed E-state index contributed by atoms with van der Waals surface area (Å²) in [5, 5.41) is 0. The first-order chi connectivity index (χ1) is 11.8. The van der Waals surface area contributed by atoms with Crippen molar-refractivity contribution in [1.82, 2.24) is 9.21 Å². The van der Waals surface area contributed by atoms with Crippen LogP contribution in [-0.4, -0.2) is 70.0 Å². The average molecular weight is 368 g/mol. The number of amides is 1. The largest absolute Gasteiger partial charge is 0.496 e. The fourth-order valence-electron chi connectivity index (χ4n) is 3.51. The summed E-state index contributed by atoms with van der Waals surface area (Å²) in [5.74, 6) is 0.00838. The number of fused-ring (bicyclic) bond motifs is 3. The van der Waals surface area contributed by atoms with Crippen LogP contribution in [0.15, 0.2) is 17.0 Å². The highest BCUT2D eigenvalue weighted by atomic mass is 32.2. The van der Waals surface area contributed by atoms with Gasteiger partial charge in [0.2, 0.25) is 15.9 Å². The molecule has 1 aromatic carbocycles. The maximum Gasteiger partial charge on any atom is 0.243 e. The zero-order valence-corrected chi connectivity index (χ0v) is 15.8. The summed E-state index contributed by atoms with van der Waals surface area (Å²) in [6.45, 7) is 4.62. The van der Waals surface area contributed by atoms with Crippen LogP contribution in [-0.2, 0) is 19.6 Å². The van der Waals surface area contributed by atoms with E-state index in [-0.39, 0.29) is 36.5 Å². The second kappa shape index (κ2) is 6.59. The van der Waals surface area contributed by atoms with E-state index in [1.165, 1.54) is 11.4 Å². The van der Waals surface area contributed by atoms with Gasteiger partial charge in [0.1, 0.15) is 5.75 Å². The summed E-state index contributed by atoms with van der Waals surface area (Å²) in [5.41, 5.74) is 1.55. The first-order valence-corrected chi connectivity index (χ1v) is 9.69. The molecule has 8 heteroatoms. The monoisotopic (exact) mass is 368 g/mol. The Morgan fingerprint density at radius 1 is 1.16 bits per heavy atom. The molecule has 2 heterocycles. The fourth-order valence-corrected chi connectivity index (χ4v) is 5.25. The van der Waals surface area contributed by atoms with Crippen molar-refractivity contribution in [2.24, 2.45) is 5.92 Å². The number of methoxy groups -OCH3 is 1. The summed E-state index contributed by atoms with van der Waals surface area (Å²) in [4.78, 5) is 14.3. The minimum absolute atomic E-state index is 0.0570. The van der Waals surface area contributed by atoms with Gasteiger partial charge < -0.3 is 14.4 Å². The molecule has 2 fully saturated rings. The number of likely N-dealkylation sites (N-methyl/N-ethyl adjacent to an activating group) is 1. The molecule has 1 aromatic rings. The van der Waals surface area contributed by atoms with Crippen LogP contribution in [0.25, 0.3) is 0 Å². The normalized spacial score (nSPS) is 25.0. The summed E-state index contributed by atoms with van der Waals surface area (Å²) in [6.07, 6.45) is 0. The number of carbonyl (C=O) groups excluding carboxylic acids is 1. The van der Waals surface area contributed by atoms with Crippen LogP contribution >= 0.6 is 0 Å². The standard InChI is InChI=1S/C17H24N2O5S/c1-11-5-12(2)16(6-15(11)23-4)25(21,22)19-7-13-9-24-10-14(8-19)18(3)17(13)20/h5-6,13-14H,7-10H2,1-4H3/t13-,14+/m1/s1. The lowest BCUT2D eigenvalue weighted by Gasteiger charge is -2.29. The van der Waals surface area contributed by atoms with E-state index < -0.39 is 15.9 Å². The van der Waals surface area contributed by atoms with E-state index in [2.05, 4.69) is 0 Å². The van der Waals surface area contributed by atoms with Gasteiger partial charge in [0, 0.05) is 26.2 Å². The average Bonchev–Trinajstić information content (AvgIpc) is 2.72. The third kappa shape index (κ3) is 3.14. The van der Waals surface area contributed by atoms with E-state index in [0.717, 1.165) is 5.56 Å². The van der Waals surface area contributed by atoms with Gasteiger partial charge in [-0.2, -0.15) is 4.31 Å². The maximum atomic E-state index is 13.3. The first kappa shape index (κ1) is 18.2. The summed E-state index contributed by atoms with van der Waals surface area (Å²) in [7, 11) is -0.499. The highest BCUT2D eigenvalue weighted by molar-refractivity contribution is 7.89. The third-order valence-corrected chi connectivity index (χ3v) is 7.00. The zero-order valence-electron chi connectivity index (χ0n) is 15.0. The van der Waals surface area contributed by atoms with Crippen LogP contribution in [0.2, 0.25) is 0 Å². The molecule has 2 aliphatic rings. The Bertz CT molecular complexity index is 792. The zero-order chi connectivity index (χ0) is 18.4. The van der Waals surface area contributed by atoms with Crippen LogP contribution in [0.4, 0.5) is 0 Å². The molecule has 0 spiro atoms. The van der Waals surface area contributed by atoms with Gasteiger partial charge in [-0.3, -0.25) is 4.79 Å². The topological polar surface area (TPSA) is 76.2 Å². The number of benzene rings is 1. The van der Waals surface area contributed by atoms with E-state index in [0.29, 0.717) is 17.9 Å². The van der Waals surface area contributed by atoms with Crippen LogP contribution in [0, 0.1) is 19.8 Å². The van der Waals surface area contributed by atoms with Gasteiger partial charge in [-0.25, -0.2) is 8.42 Å². The van der Waals surface area contributed by atoms with Crippen molar-refractivity contribution in [2.45, 2.75) is 24.8 Å². The van der Waals surface area contributed by atoms with Gasteiger partial charge in [-0.05, 0) is 25.0 Å². The molecule has 0 aliphatic carbocycles. The second-order valence-corrected chi connectivity index (χ2v) is 8.65. The quantitative estimate of drug-likeness (QED) is 0.788. The lowest BCUT2D eigenvalue weighted by molar-refractivity contribution is -0.133. The summed E-state index contributed by atoms with van der Waals surface area (Å²) < 4.78 is 38.8. The van der Waals surface area contributed by atoms with Crippen molar-refractivity contribution < 1.29 is 22.7 Å². The lowest BCUT2D eigenvalue weighted by Crippen LogP contribution is -2.45. The molecule has 7 nitrogen and oxygen atoms in total. The summed E-state index contributed by atoms with van der Waals surface area (Å²) in [6, 6.07) is 3.11. The Kier molecular flexibility index (Phi) is 4.78. The van der Waals surface area contributed by atoms with E-state index in [4.69, 9.17) is 9.47 Å². The first-order valence-electron chi connectivity index (χ1n) is 8.25. The number of ether oxygens (including phenoxy) is 2. The molecule has 0 unspecified atom stereocenters. The molecule has 0 N–H and O–H groups in total. The molecule has 0 radical (unpaired) electrons. The predicted molar refractivity (Wildman–Crippen MR) is 92.1 cm³/mol. The van der Waals surface area contributed by atoms with Crippen molar-refractivity contribution in [3.8, 4) is 5.75 Å². The molecule has 2 saturated heterocycles. The number of hydrogen-bond donors (Lipinski definition) is 0. The fraction of sp³-hybridized carbons (Fsp3) is 0.588. The predicted octanol–water partition coefficient (Wildman–Crippen LogP) is 0.790. The molecule has 2 bridgehead atoms. The number of sulfonamides is 1. The van der Waals surface area contributed by atoms with Crippen LogP contribution in [0.3, 0.4) is 0 Å². The van der Waals surface area contributed by atoms with E-state index in [1.807, 2.05) is 13.0 Å². The van der Waals surface area contributed by atoms with Gasteiger partial charge in [0.05, 0.1) is 37.2 Å². The smallest absolute Gasteiger partial charge is 0.243 e. The Morgan fingerprint density at radius 2 is 1.88 bits per heavy atom. The number of rotatable bonds is 3. The van der Waals surface area contributed by atoms with Crippen molar-refractivity contribution in [3.05, 3.63) is 23.3 Å². The Morgan fingerprint density at radius 3 is 2.56 bits per heavy atom. The molecule has 25 heavy (non-hydrogen) atoms. The van der Waals surface area contributed by atoms with Crippen molar-refractivity contribution >= 4 is 15.9 Å². The molecule has 1 amide bonds. The van der Waals surface area contributed by atoms with Crippen molar-refractivity contribution in [2.75, 3.05) is 40.5 Å². The van der Waals surface area contributed by atoms with Crippen LogP contribution in [0.5, 0.6) is 5.75 Å². The molecule has 0 saturated carbocycles. The Hall–Kier alpha value is -1.64. The molecular formula is C17H24N2O5S. The van der Waals surface area contributed by atoms with Gasteiger partial charge >= 0.3 is 0 Å². The van der Waals surface area contributed by atoms with Crippen molar-refractivity contribution in [3.63, 3.8) is 0 Å². The van der Waals surface area contributed by atoms with E-state index in [9.17, 15) is 13.2 Å². The maximum absolute atomic E-state index is 13.3. The number of nitrogens with zero attached hydrogens (tertiary/aromatic N) is 2.